The van der Waals surface area contributed by atoms with E-state index >= 15 is 0 Å². The molecule has 0 aromatic heterocycles. The second kappa shape index (κ2) is 4.08. The van der Waals surface area contributed by atoms with Crippen LogP contribution in [0.3, 0.4) is 0 Å². The molecule has 0 amide bonds. The van der Waals surface area contributed by atoms with Crippen LogP contribution in [0, 0.1) is 16.7 Å². The van der Waals surface area contributed by atoms with Crippen LogP contribution in [0.15, 0.2) is 0 Å². The first kappa shape index (κ1) is 13.0. The van der Waals surface area contributed by atoms with Crippen LogP contribution in [-0.2, 0) is 0 Å². The van der Waals surface area contributed by atoms with Crippen LogP contribution in [0.25, 0.3) is 0 Å². The molecular formula is C14H29N. The minimum Gasteiger partial charge on any atom is -0.303 e. The molecule has 1 heterocycles. The summed E-state index contributed by atoms with van der Waals surface area (Å²) in [6.45, 7) is 15.5. The third-order valence-corrected chi connectivity index (χ3v) is 3.76. The van der Waals surface area contributed by atoms with Crippen LogP contribution in [0.1, 0.15) is 54.4 Å². The van der Waals surface area contributed by atoms with Gasteiger partial charge in [0.15, 0.2) is 0 Å². The zero-order valence-corrected chi connectivity index (χ0v) is 11.7. The van der Waals surface area contributed by atoms with Crippen molar-refractivity contribution >= 4 is 0 Å². The first-order valence-electron chi connectivity index (χ1n) is 6.30. The van der Waals surface area contributed by atoms with Crippen LogP contribution in [0.4, 0.5) is 0 Å². The van der Waals surface area contributed by atoms with E-state index < -0.39 is 0 Å². The zero-order chi connectivity index (χ0) is 11.9. The average Bonchev–Trinajstić information content (AvgIpc) is 2.27. The predicted molar refractivity (Wildman–Crippen MR) is 68.1 cm³/mol. The number of rotatable bonds is 1. The predicted octanol–water partition coefficient (Wildman–Crippen LogP) is 3.79. The molecule has 1 aliphatic heterocycles. The molecule has 0 radical (unpaired) electrons. The second-order valence-corrected chi connectivity index (χ2v) is 7.66. The molecule has 2 atom stereocenters. The highest BCUT2D eigenvalue weighted by Gasteiger charge is 2.37. The molecule has 1 unspecified atom stereocenters. The molecule has 90 valence electrons. The molecular weight excluding hydrogens is 182 g/mol. The van der Waals surface area contributed by atoms with Crippen molar-refractivity contribution in [2.45, 2.75) is 60.4 Å². The molecule has 15 heavy (non-hydrogen) atoms. The van der Waals surface area contributed by atoms with Crippen molar-refractivity contribution in [3.8, 4) is 0 Å². The Labute approximate surface area is 96.2 Å². The number of hydrogen-bond acceptors (Lipinski definition) is 1. The second-order valence-electron chi connectivity index (χ2n) is 7.66. The first-order chi connectivity index (χ1) is 6.59. The maximum absolute atomic E-state index is 2.57. The molecule has 1 nitrogen and oxygen atoms in total. The van der Waals surface area contributed by atoms with Crippen LogP contribution in [0.5, 0.6) is 0 Å². The Balaban J connectivity index is 2.57. The van der Waals surface area contributed by atoms with Crippen molar-refractivity contribution in [1.29, 1.82) is 0 Å². The molecule has 1 fully saturated rings. The van der Waals surface area contributed by atoms with Gasteiger partial charge in [0.05, 0.1) is 0 Å². The molecule has 1 heteroatoms. The Morgan fingerprint density at radius 1 is 1.07 bits per heavy atom. The van der Waals surface area contributed by atoms with Gasteiger partial charge in [-0.1, -0.05) is 41.5 Å². The van der Waals surface area contributed by atoms with E-state index in [1.165, 1.54) is 19.4 Å². The summed E-state index contributed by atoms with van der Waals surface area (Å²) in [5.41, 5.74) is 0.937. The monoisotopic (exact) mass is 211 g/mol. The SMILES string of the molecule is CN1C[C@H](C(C)(C)C)CC1CC(C)(C)C. The molecule has 0 N–H and O–H groups in total. The molecule has 0 aromatic rings. The summed E-state index contributed by atoms with van der Waals surface area (Å²) in [5.74, 6) is 0.870. The van der Waals surface area contributed by atoms with Gasteiger partial charge in [0.25, 0.3) is 0 Å². The van der Waals surface area contributed by atoms with E-state index in [0.717, 1.165) is 12.0 Å². The van der Waals surface area contributed by atoms with Gasteiger partial charge in [0.1, 0.15) is 0 Å². The van der Waals surface area contributed by atoms with Crippen LogP contribution in [0.2, 0.25) is 0 Å². The van der Waals surface area contributed by atoms with Crippen molar-refractivity contribution in [2.75, 3.05) is 13.6 Å². The largest absolute Gasteiger partial charge is 0.303 e. The lowest BCUT2D eigenvalue weighted by Gasteiger charge is -2.28. The molecule has 0 bridgehead atoms. The zero-order valence-electron chi connectivity index (χ0n) is 11.7. The topological polar surface area (TPSA) is 3.24 Å². The van der Waals surface area contributed by atoms with E-state index in [0.29, 0.717) is 10.8 Å². The highest BCUT2D eigenvalue weighted by molar-refractivity contribution is 4.90. The summed E-state index contributed by atoms with van der Waals surface area (Å²) in [5, 5.41) is 0. The van der Waals surface area contributed by atoms with E-state index in [1.54, 1.807) is 0 Å². The van der Waals surface area contributed by atoms with Crippen molar-refractivity contribution in [3.63, 3.8) is 0 Å². The lowest BCUT2D eigenvalue weighted by atomic mass is 9.78. The van der Waals surface area contributed by atoms with Gasteiger partial charge in [0.2, 0.25) is 0 Å². The molecule has 0 saturated carbocycles. The van der Waals surface area contributed by atoms with Gasteiger partial charge in [-0.05, 0) is 36.6 Å². The molecule has 0 aromatic carbocycles. The fourth-order valence-electron chi connectivity index (χ4n) is 2.65. The van der Waals surface area contributed by atoms with Crippen LogP contribution in [-0.4, -0.2) is 24.5 Å². The highest BCUT2D eigenvalue weighted by Crippen LogP contribution is 2.39. The fraction of sp³-hybridized carbons (Fsp3) is 1.00. The van der Waals surface area contributed by atoms with Gasteiger partial charge in [-0.25, -0.2) is 0 Å². The van der Waals surface area contributed by atoms with Gasteiger partial charge in [-0.2, -0.15) is 0 Å². The van der Waals surface area contributed by atoms with E-state index in [-0.39, 0.29) is 0 Å². The summed E-state index contributed by atoms with van der Waals surface area (Å²) in [7, 11) is 2.29. The van der Waals surface area contributed by atoms with Gasteiger partial charge >= 0.3 is 0 Å². The summed E-state index contributed by atoms with van der Waals surface area (Å²) in [4.78, 5) is 2.57. The smallest absolute Gasteiger partial charge is 0.0101 e. The summed E-state index contributed by atoms with van der Waals surface area (Å²) < 4.78 is 0. The highest BCUT2D eigenvalue weighted by atomic mass is 15.2. The summed E-state index contributed by atoms with van der Waals surface area (Å²) in [6, 6.07) is 0.800. The summed E-state index contributed by atoms with van der Waals surface area (Å²) in [6.07, 6.45) is 2.72. The Bertz CT molecular complexity index is 206. The van der Waals surface area contributed by atoms with Crippen molar-refractivity contribution in [1.82, 2.24) is 4.90 Å². The third kappa shape index (κ3) is 3.79. The minimum atomic E-state index is 0.464. The maximum Gasteiger partial charge on any atom is 0.0101 e. The fourth-order valence-corrected chi connectivity index (χ4v) is 2.65. The van der Waals surface area contributed by atoms with Gasteiger partial charge in [-0.3, -0.25) is 0 Å². The Morgan fingerprint density at radius 2 is 1.60 bits per heavy atom. The van der Waals surface area contributed by atoms with Gasteiger partial charge < -0.3 is 4.90 Å². The number of hydrogen-bond donors (Lipinski definition) is 0. The van der Waals surface area contributed by atoms with E-state index in [4.69, 9.17) is 0 Å². The molecule has 0 spiro atoms. The number of nitrogens with zero attached hydrogens (tertiary/aromatic N) is 1. The molecule has 1 rings (SSSR count). The summed E-state index contributed by atoms with van der Waals surface area (Å²) >= 11 is 0. The van der Waals surface area contributed by atoms with Crippen molar-refractivity contribution in [2.24, 2.45) is 16.7 Å². The van der Waals surface area contributed by atoms with E-state index in [9.17, 15) is 0 Å². The Hall–Kier alpha value is -0.0400. The van der Waals surface area contributed by atoms with Crippen molar-refractivity contribution in [3.05, 3.63) is 0 Å². The van der Waals surface area contributed by atoms with Crippen molar-refractivity contribution < 1.29 is 0 Å². The Morgan fingerprint density at radius 3 is 1.93 bits per heavy atom. The van der Waals surface area contributed by atoms with Crippen LogP contribution < -0.4 is 0 Å². The average molecular weight is 211 g/mol. The standard InChI is InChI=1S/C14H29N/c1-13(2,3)9-12-8-11(10-15(12)7)14(4,5)6/h11-12H,8-10H2,1-7H3/t11-,12?/m1/s1. The van der Waals surface area contributed by atoms with E-state index in [2.05, 4.69) is 53.5 Å². The third-order valence-electron chi connectivity index (χ3n) is 3.76. The molecule has 1 aliphatic rings. The maximum atomic E-state index is 2.57. The lowest BCUT2D eigenvalue weighted by Crippen LogP contribution is -2.29. The van der Waals surface area contributed by atoms with Crippen LogP contribution >= 0.6 is 0 Å². The molecule has 1 saturated heterocycles. The minimum absolute atomic E-state index is 0.464. The normalized spacial score (nSPS) is 29.8. The quantitative estimate of drug-likeness (QED) is 0.638. The molecule has 0 aliphatic carbocycles. The lowest BCUT2D eigenvalue weighted by molar-refractivity contribution is 0.221. The van der Waals surface area contributed by atoms with Gasteiger partial charge in [0, 0.05) is 12.6 Å². The first-order valence-corrected chi connectivity index (χ1v) is 6.30. The Kier molecular flexibility index (Phi) is 3.55. The number of likely N-dealkylation sites (tertiary alicyclic amines) is 1. The van der Waals surface area contributed by atoms with E-state index in [1.807, 2.05) is 0 Å². The van der Waals surface area contributed by atoms with Gasteiger partial charge in [-0.15, -0.1) is 0 Å².